The summed E-state index contributed by atoms with van der Waals surface area (Å²) in [4.78, 5) is 23.5. The van der Waals surface area contributed by atoms with Gasteiger partial charge in [0.05, 0.1) is 7.11 Å². The summed E-state index contributed by atoms with van der Waals surface area (Å²) in [6.07, 6.45) is 4.91. The fourth-order valence-electron chi connectivity index (χ4n) is 1.72. The summed E-state index contributed by atoms with van der Waals surface area (Å²) in [6, 6.07) is 9.32. The van der Waals surface area contributed by atoms with Crippen LogP contribution in [0.1, 0.15) is 38.2 Å². The van der Waals surface area contributed by atoms with Gasteiger partial charge < -0.3 is 10.1 Å². The minimum atomic E-state index is -0.544. The first kappa shape index (κ1) is 16.0. The highest BCUT2D eigenvalue weighted by atomic mass is 16.5. The van der Waals surface area contributed by atoms with Crippen molar-refractivity contribution in [3.05, 3.63) is 41.6 Å². The first-order valence-electron chi connectivity index (χ1n) is 6.82. The first-order chi connectivity index (χ1) is 9.67. The second-order valence-corrected chi connectivity index (χ2v) is 4.47. The van der Waals surface area contributed by atoms with E-state index >= 15 is 0 Å². The number of methoxy groups -OCH3 is 1. The molecule has 4 nitrogen and oxygen atoms in total. The zero-order chi connectivity index (χ0) is 14.8. The smallest absolute Gasteiger partial charge is 0.354 e. The van der Waals surface area contributed by atoms with Gasteiger partial charge in [0.2, 0.25) is 5.91 Å². The number of hydrogen-bond acceptors (Lipinski definition) is 3. The van der Waals surface area contributed by atoms with E-state index in [4.69, 9.17) is 0 Å². The summed E-state index contributed by atoms with van der Waals surface area (Å²) in [5.41, 5.74) is 1.00. The molecule has 1 amide bonds. The monoisotopic (exact) mass is 275 g/mol. The van der Waals surface area contributed by atoms with Gasteiger partial charge in [0.1, 0.15) is 5.70 Å². The van der Waals surface area contributed by atoms with Gasteiger partial charge in [0, 0.05) is 6.42 Å². The van der Waals surface area contributed by atoms with Gasteiger partial charge in [-0.3, -0.25) is 4.79 Å². The number of amides is 1. The Hall–Kier alpha value is -2.10. The van der Waals surface area contributed by atoms with Crippen molar-refractivity contribution in [3.63, 3.8) is 0 Å². The van der Waals surface area contributed by atoms with Gasteiger partial charge in [-0.2, -0.15) is 0 Å². The summed E-state index contributed by atoms with van der Waals surface area (Å²) in [6.45, 7) is 2.08. The third kappa shape index (κ3) is 5.69. The van der Waals surface area contributed by atoms with E-state index in [1.165, 1.54) is 7.11 Å². The van der Waals surface area contributed by atoms with Crippen LogP contribution in [0.25, 0.3) is 6.08 Å². The van der Waals surface area contributed by atoms with Gasteiger partial charge in [-0.15, -0.1) is 0 Å². The van der Waals surface area contributed by atoms with E-state index in [0.29, 0.717) is 6.42 Å². The maximum atomic E-state index is 11.8. The molecular formula is C16H21NO3. The third-order valence-corrected chi connectivity index (χ3v) is 2.80. The Morgan fingerprint density at radius 1 is 1.20 bits per heavy atom. The van der Waals surface area contributed by atoms with E-state index in [1.807, 2.05) is 30.3 Å². The second kappa shape index (κ2) is 8.91. The third-order valence-electron chi connectivity index (χ3n) is 2.80. The fraction of sp³-hybridized carbons (Fsp3) is 0.375. The molecule has 0 aromatic heterocycles. The minimum absolute atomic E-state index is 0.161. The molecule has 0 aliphatic rings. The number of carbonyl (C=O) groups is 2. The van der Waals surface area contributed by atoms with Gasteiger partial charge in [0.15, 0.2) is 0 Å². The summed E-state index contributed by atoms with van der Waals surface area (Å²) in [5.74, 6) is -0.705. The van der Waals surface area contributed by atoms with Gasteiger partial charge in [-0.1, -0.05) is 50.1 Å². The number of nitrogens with one attached hydrogen (secondary N) is 1. The van der Waals surface area contributed by atoms with Gasteiger partial charge >= 0.3 is 5.97 Å². The van der Waals surface area contributed by atoms with Crippen molar-refractivity contribution in [2.24, 2.45) is 0 Å². The minimum Gasteiger partial charge on any atom is -0.464 e. The van der Waals surface area contributed by atoms with E-state index in [2.05, 4.69) is 17.0 Å². The molecule has 0 aliphatic carbocycles. The highest BCUT2D eigenvalue weighted by Gasteiger charge is 2.13. The Morgan fingerprint density at radius 2 is 1.90 bits per heavy atom. The average Bonchev–Trinajstić information content (AvgIpc) is 2.47. The number of ether oxygens (including phenoxy) is 1. The van der Waals surface area contributed by atoms with Gasteiger partial charge in [-0.25, -0.2) is 4.79 Å². The standard InChI is InChI=1S/C16H21NO3/c1-3-4-6-11-15(18)17-14(16(19)20-2)12-13-9-7-5-8-10-13/h5,7-10,12H,3-4,6,11H2,1-2H3,(H,17,18)/b14-12-. The number of esters is 1. The number of carbonyl (C=O) groups excluding carboxylic acids is 2. The molecule has 0 aliphatic heterocycles. The van der Waals surface area contributed by atoms with Crippen LogP contribution in [-0.4, -0.2) is 19.0 Å². The van der Waals surface area contributed by atoms with Crippen LogP contribution in [0, 0.1) is 0 Å². The number of rotatable bonds is 7. The normalized spacial score (nSPS) is 11.0. The molecule has 108 valence electrons. The molecule has 4 heteroatoms. The first-order valence-corrected chi connectivity index (χ1v) is 6.82. The summed E-state index contributed by atoms with van der Waals surface area (Å²) in [7, 11) is 1.30. The van der Waals surface area contributed by atoms with Gasteiger partial charge in [0.25, 0.3) is 0 Å². The lowest BCUT2D eigenvalue weighted by Crippen LogP contribution is -2.27. The molecule has 0 atom stereocenters. The molecular weight excluding hydrogens is 254 g/mol. The predicted molar refractivity (Wildman–Crippen MR) is 78.7 cm³/mol. The summed E-state index contributed by atoms with van der Waals surface area (Å²) < 4.78 is 4.69. The molecule has 0 bridgehead atoms. The molecule has 1 aromatic carbocycles. The Morgan fingerprint density at radius 3 is 2.50 bits per heavy atom. The SMILES string of the molecule is CCCCCC(=O)N/C(=C\c1ccccc1)C(=O)OC. The van der Waals surface area contributed by atoms with Crippen molar-refractivity contribution in [2.75, 3.05) is 7.11 Å². The van der Waals surface area contributed by atoms with Crippen molar-refractivity contribution in [2.45, 2.75) is 32.6 Å². The summed E-state index contributed by atoms with van der Waals surface area (Å²) in [5, 5.41) is 2.62. The highest BCUT2D eigenvalue weighted by molar-refractivity contribution is 5.97. The molecule has 0 saturated heterocycles. The molecule has 1 aromatic rings. The van der Waals surface area contributed by atoms with E-state index < -0.39 is 5.97 Å². The van der Waals surface area contributed by atoms with Crippen molar-refractivity contribution in [1.82, 2.24) is 5.32 Å². The molecule has 0 saturated carbocycles. The lowest BCUT2D eigenvalue weighted by molar-refractivity contribution is -0.137. The largest absolute Gasteiger partial charge is 0.464 e. The second-order valence-electron chi connectivity index (χ2n) is 4.47. The Bertz CT molecular complexity index is 466. The molecule has 0 unspecified atom stereocenters. The quantitative estimate of drug-likeness (QED) is 0.473. The van der Waals surface area contributed by atoms with E-state index in [9.17, 15) is 9.59 Å². The van der Waals surface area contributed by atoms with E-state index in [0.717, 1.165) is 24.8 Å². The van der Waals surface area contributed by atoms with Crippen molar-refractivity contribution in [3.8, 4) is 0 Å². The van der Waals surface area contributed by atoms with Crippen molar-refractivity contribution >= 4 is 18.0 Å². The molecule has 0 radical (unpaired) electrons. The van der Waals surface area contributed by atoms with Gasteiger partial charge in [-0.05, 0) is 18.1 Å². The zero-order valence-electron chi connectivity index (χ0n) is 12.0. The number of unbranched alkanes of at least 4 members (excludes halogenated alkanes) is 2. The molecule has 1 N–H and O–H groups in total. The molecule has 1 rings (SSSR count). The van der Waals surface area contributed by atoms with Crippen LogP contribution in [0.2, 0.25) is 0 Å². The Kier molecular flexibility index (Phi) is 7.11. The van der Waals surface area contributed by atoms with Crippen LogP contribution < -0.4 is 5.32 Å². The maximum absolute atomic E-state index is 11.8. The van der Waals surface area contributed by atoms with Crippen LogP contribution in [0.3, 0.4) is 0 Å². The zero-order valence-corrected chi connectivity index (χ0v) is 12.0. The topological polar surface area (TPSA) is 55.4 Å². The summed E-state index contributed by atoms with van der Waals surface area (Å²) >= 11 is 0. The van der Waals surface area contributed by atoms with Crippen LogP contribution in [0.4, 0.5) is 0 Å². The predicted octanol–water partition coefficient (Wildman–Crippen LogP) is 2.90. The number of benzene rings is 1. The van der Waals surface area contributed by atoms with E-state index in [1.54, 1.807) is 6.08 Å². The molecule has 0 fully saturated rings. The highest BCUT2D eigenvalue weighted by Crippen LogP contribution is 2.07. The van der Waals surface area contributed by atoms with E-state index in [-0.39, 0.29) is 11.6 Å². The molecule has 0 spiro atoms. The molecule has 20 heavy (non-hydrogen) atoms. The molecule has 0 heterocycles. The van der Waals surface area contributed by atoms with Crippen LogP contribution in [0.15, 0.2) is 36.0 Å². The Balaban J connectivity index is 2.73. The lowest BCUT2D eigenvalue weighted by atomic mass is 10.1. The average molecular weight is 275 g/mol. The number of hydrogen-bond donors (Lipinski definition) is 1. The van der Waals surface area contributed by atoms with Crippen LogP contribution >= 0.6 is 0 Å². The van der Waals surface area contributed by atoms with Crippen molar-refractivity contribution in [1.29, 1.82) is 0 Å². The Labute approximate surface area is 119 Å². The van der Waals surface area contributed by atoms with Crippen LogP contribution in [0.5, 0.6) is 0 Å². The fourth-order valence-corrected chi connectivity index (χ4v) is 1.72. The van der Waals surface area contributed by atoms with Crippen LogP contribution in [-0.2, 0) is 14.3 Å². The maximum Gasteiger partial charge on any atom is 0.354 e. The van der Waals surface area contributed by atoms with Crippen molar-refractivity contribution < 1.29 is 14.3 Å². The lowest BCUT2D eigenvalue weighted by Gasteiger charge is -2.08.